The van der Waals surface area contributed by atoms with Crippen LogP contribution in [0.15, 0.2) is 27.2 Å². The number of hydrogen-bond donors (Lipinski definition) is 2. The predicted octanol–water partition coefficient (Wildman–Crippen LogP) is 1.65. The second kappa shape index (κ2) is 5.18. The second-order valence-corrected chi connectivity index (χ2v) is 4.42. The van der Waals surface area contributed by atoms with Crippen molar-refractivity contribution in [2.45, 2.75) is 13.5 Å². The van der Waals surface area contributed by atoms with E-state index >= 15 is 0 Å². The van der Waals surface area contributed by atoms with Crippen molar-refractivity contribution in [3.05, 3.63) is 40.0 Å². The van der Waals surface area contributed by atoms with E-state index in [9.17, 15) is 4.79 Å². The largest absolute Gasteiger partial charge is 0.398 e. The number of aromatic nitrogens is 2. The first kappa shape index (κ1) is 12.6. The summed E-state index contributed by atoms with van der Waals surface area (Å²) < 4.78 is 5.47. The molecule has 6 nitrogen and oxygen atoms in total. The molecule has 0 spiro atoms. The van der Waals surface area contributed by atoms with Gasteiger partial charge in [0.25, 0.3) is 5.91 Å². The minimum atomic E-state index is -0.259. The van der Waals surface area contributed by atoms with Gasteiger partial charge in [-0.1, -0.05) is 11.2 Å². The van der Waals surface area contributed by atoms with E-state index in [0.717, 1.165) is 0 Å². The summed E-state index contributed by atoms with van der Waals surface area (Å²) in [5.74, 6) is 0.635. The molecule has 0 fully saturated rings. The van der Waals surface area contributed by atoms with Gasteiger partial charge in [-0.3, -0.25) is 4.79 Å². The van der Waals surface area contributed by atoms with Crippen molar-refractivity contribution < 1.29 is 9.32 Å². The molecule has 18 heavy (non-hydrogen) atoms. The van der Waals surface area contributed by atoms with E-state index in [1.807, 2.05) is 0 Å². The molecule has 1 heterocycles. The number of hydrogen-bond acceptors (Lipinski definition) is 5. The summed E-state index contributed by atoms with van der Waals surface area (Å²) in [4.78, 5) is 15.9. The zero-order valence-corrected chi connectivity index (χ0v) is 11.2. The lowest BCUT2D eigenvalue weighted by atomic mass is 10.2. The number of benzene rings is 1. The van der Waals surface area contributed by atoms with Crippen LogP contribution in [-0.2, 0) is 6.54 Å². The summed E-state index contributed by atoms with van der Waals surface area (Å²) >= 11 is 3.27. The highest BCUT2D eigenvalue weighted by molar-refractivity contribution is 9.10. The molecule has 94 valence electrons. The van der Waals surface area contributed by atoms with Crippen LogP contribution in [0.5, 0.6) is 0 Å². The van der Waals surface area contributed by atoms with Gasteiger partial charge < -0.3 is 15.6 Å². The number of nitrogens with zero attached hydrogens (tertiary/aromatic N) is 2. The van der Waals surface area contributed by atoms with Crippen LogP contribution in [0.3, 0.4) is 0 Å². The van der Waals surface area contributed by atoms with E-state index in [0.29, 0.717) is 27.4 Å². The molecule has 1 aromatic carbocycles. The van der Waals surface area contributed by atoms with E-state index in [2.05, 4.69) is 31.4 Å². The van der Waals surface area contributed by atoms with Crippen LogP contribution >= 0.6 is 15.9 Å². The summed E-state index contributed by atoms with van der Waals surface area (Å²) in [6, 6.07) is 5.10. The zero-order valence-electron chi connectivity index (χ0n) is 9.61. The van der Waals surface area contributed by atoms with E-state index in [1.165, 1.54) is 0 Å². The average molecular weight is 311 g/mol. The first-order chi connectivity index (χ1) is 8.58. The molecule has 7 heteroatoms. The van der Waals surface area contributed by atoms with Crippen LogP contribution in [0, 0.1) is 6.92 Å². The van der Waals surface area contributed by atoms with Gasteiger partial charge in [-0.2, -0.15) is 4.98 Å². The topological polar surface area (TPSA) is 94.0 Å². The molecule has 2 rings (SSSR count). The number of nitrogen functional groups attached to an aromatic ring is 1. The fourth-order valence-electron chi connectivity index (χ4n) is 1.39. The molecule has 0 saturated heterocycles. The van der Waals surface area contributed by atoms with Crippen molar-refractivity contribution in [1.29, 1.82) is 0 Å². The number of halogens is 1. The van der Waals surface area contributed by atoms with E-state index in [-0.39, 0.29) is 12.5 Å². The lowest BCUT2D eigenvalue weighted by molar-refractivity contribution is 0.0945. The van der Waals surface area contributed by atoms with Crippen molar-refractivity contribution in [3.63, 3.8) is 0 Å². The Bertz CT molecular complexity index is 582. The maximum Gasteiger partial charge on any atom is 0.252 e. The van der Waals surface area contributed by atoms with Crippen LogP contribution in [0.4, 0.5) is 5.69 Å². The van der Waals surface area contributed by atoms with Gasteiger partial charge in [0.1, 0.15) is 0 Å². The van der Waals surface area contributed by atoms with Crippen molar-refractivity contribution >= 4 is 27.5 Å². The normalized spacial score (nSPS) is 10.3. The molecule has 3 N–H and O–H groups in total. The quantitative estimate of drug-likeness (QED) is 0.841. The minimum absolute atomic E-state index is 0.181. The molecule has 1 aromatic heterocycles. The Hall–Kier alpha value is -1.89. The number of rotatable bonds is 3. The molecule has 0 unspecified atom stereocenters. The highest BCUT2D eigenvalue weighted by Crippen LogP contribution is 2.23. The summed E-state index contributed by atoms with van der Waals surface area (Å²) in [6.45, 7) is 1.89. The smallest absolute Gasteiger partial charge is 0.252 e. The maximum atomic E-state index is 11.9. The molecule has 0 saturated carbocycles. The van der Waals surface area contributed by atoms with Crippen LogP contribution in [-0.4, -0.2) is 16.0 Å². The molecule has 0 aliphatic rings. The van der Waals surface area contributed by atoms with Crippen LogP contribution < -0.4 is 11.1 Å². The third kappa shape index (κ3) is 2.67. The van der Waals surface area contributed by atoms with Crippen molar-refractivity contribution in [2.24, 2.45) is 0 Å². The molecule has 0 atom stereocenters. The van der Waals surface area contributed by atoms with Gasteiger partial charge in [0.2, 0.25) is 5.89 Å². The molecule has 1 amide bonds. The van der Waals surface area contributed by atoms with Gasteiger partial charge in [-0.25, -0.2) is 0 Å². The maximum absolute atomic E-state index is 11.9. The minimum Gasteiger partial charge on any atom is -0.398 e. The van der Waals surface area contributed by atoms with Crippen molar-refractivity contribution in [1.82, 2.24) is 15.5 Å². The molecular weight excluding hydrogens is 300 g/mol. The summed E-state index contributed by atoms with van der Waals surface area (Å²) in [6.07, 6.45) is 0. The van der Waals surface area contributed by atoms with Crippen LogP contribution in [0.1, 0.15) is 22.1 Å². The average Bonchev–Trinajstić information content (AvgIpc) is 2.76. The molecule has 0 radical (unpaired) electrons. The van der Waals surface area contributed by atoms with Gasteiger partial charge >= 0.3 is 0 Å². The Morgan fingerprint density at radius 1 is 1.56 bits per heavy atom. The highest BCUT2D eigenvalue weighted by atomic mass is 79.9. The van der Waals surface area contributed by atoms with Gasteiger partial charge in [-0.05, 0) is 35.0 Å². The monoisotopic (exact) mass is 310 g/mol. The third-order valence-electron chi connectivity index (χ3n) is 2.24. The number of anilines is 1. The van der Waals surface area contributed by atoms with Gasteiger partial charge in [-0.15, -0.1) is 0 Å². The van der Waals surface area contributed by atoms with E-state index < -0.39 is 0 Å². The van der Waals surface area contributed by atoms with E-state index in [4.69, 9.17) is 10.3 Å². The molecule has 2 aromatic rings. The summed E-state index contributed by atoms with van der Waals surface area (Å²) in [7, 11) is 0. The highest BCUT2D eigenvalue weighted by Gasteiger charge is 2.12. The first-order valence-electron chi connectivity index (χ1n) is 5.19. The Kier molecular flexibility index (Phi) is 3.61. The summed E-state index contributed by atoms with van der Waals surface area (Å²) in [5.41, 5.74) is 6.68. The van der Waals surface area contributed by atoms with E-state index in [1.54, 1.807) is 25.1 Å². The lowest BCUT2D eigenvalue weighted by Gasteiger charge is -2.06. The first-order valence-corrected chi connectivity index (χ1v) is 5.98. The molecular formula is C11H11BrN4O2. The van der Waals surface area contributed by atoms with Crippen molar-refractivity contribution in [2.75, 3.05) is 5.73 Å². The molecule has 0 bridgehead atoms. The Morgan fingerprint density at radius 2 is 2.33 bits per heavy atom. The zero-order chi connectivity index (χ0) is 13.1. The number of nitrogens with two attached hydrogens (primary N) is 1. The van der Waals surface area contributed by atoms with Gasteiger partial charge in [0, 0.05) is 5.69 Å². The predicted molar refractivity (Wildman–Crippen MR) is 68.8 cm³/mol. The van der Waals surface area contributed by atoms with Crippen LogP contribution in [0.25, 0.3) is 0 Å². The van der Waals surface area contributed by atoms with Gasteiger partial charge in [0.05, 0.1) is 16.6 Å². The SMILES string of the molecule is Cc1noc(CNC(=O)c2cccc(N)c2Br)n1. The molecule has 0 aliphatic carbocycles. The third-order valence-corrected chi connectivity index (χ3v) is 3.13. The Balaban J connectivity index is 2.06. The fraction of sp³-hybridized carbons (Fsp3) is 0.182. The number of nitrogens with one attached hydrogen (secondary N) is 1. The fourth-order valence-corrected chi connectivity index (χ4v) is 1.83. The van der Waals surface area contributed by atoms with Crippen LogP contribution in [0.2, 0.25) is 0 Å². The Morgan fingerprint density at radius 3 is 3.00 bits per heavy atom. The lowest BCUT2D eigenvalue weighted by Crippen LogP contribution is -2.23. The Labute approximate surface area is 112 Å². The number of carbonyl (C=O) groups is 1. The second-order valence-electron chi connectivity index (χ2n) is 3.63. The summed E-state index contributed by atoms with van der Waals surface area (Å²) in [5, 5.41) is 6.31. The number of amides is 1. The molecule has 0 aliphatic heterocycles. The number of carbonyl (C=O) groups excluding carboxylic acids is 1. The van der Waals surface area contributed by atoms with Crippen molar-refractivity contribution in [3.8, 4) is 0 Å². The standard InChI is InChI=1S/C11H11BrN4O2/c1-6-15-9(18-16-6)5-14-11(17)7-3-2-4-8(13)10(7)12/h2-4H,5,13H2,1H3,(H,14,17). The van der Waals surface area contributed by atoms with Gasteiger partial charge in [0.15, 0.2) is 5.82 Å². The number of aryl methyl sites for hydroxylation is 1.